The molecule has 0 saturated carbocycles. The van der Waals surface area contributed by atoms with Crippen LogP contribution in [0.5, 0.6) is 17.2 Å². The van der Waals surface area contributed by atoms with Crippen LogP contribution in [0.15, 0.2) is 84.1 Å². The standard InChI is InChI=1S/C32H31F3N2O6/c1-19(2)43-24-16-14-22(15-17-24)29(39)36-31(32(33,34)35)26(27(38)21-10-7-6-8-11-21)20(3)37(30(31)40)18-23-12-9-13-25(41-4)28(23)42-5/h6-17,19H,18H2,1-5H3,(H,36,39)/t31-/m0/s1. The average molecular weight is 597 g/mol. The summed E-state index contributed by atoms with van der Waals surface area (Å²) in [6.45, 7) is 4.45. The van der Waals surface area contributed by atoms with Crippen LogP contribution in [0.25, 0.3) is 0 Å². The van der Waals surface area contributed by atoms with Crippen LogP contribution < -0.4 is 19.5 Å². The number of hydrogen-bond donors (Lipinski definition) is 1. The molecule has 8 nitrogen and oxygen atoms in total. The van der Waals surface area contributed by atoms with Crippen molar-refractivity contribution in [3.8, 4) is 17.2 Å². The molecule has 43 heavy (non-hydrogen) atoms. The molecule has 0 aliphatic carbocycles. The highest BCUT2D eigenvalue weighted by molar-refractivity contribution is 6.19. The lowest BCUT2D eigenvalue weighted by Crippen LogP contribution is -2.66. The number of hydrogen-bond acceptors (Lipinski definition) is 6. The highest BCUT2D eigenvalue weighted by atomic mass is 19.4. The fourth-order valence-corrected chi connectivity index (χ4v) is 5.02. The Morgan fingerprint density at radius 3 is 2.12 bits per heavy atom. The number of nitrogens with zero attached hydrogens (tertiary/aromatic N) is 1. The molecule has 1 heterocycles. The summed E-state index contributed by atoms with van der Waals surface area (Å²) in [6, 6.07) is 17.5. The van der Waals surface area contributed by atoms with Gasteiger partial charge in [-0.1, -0.05) is 42.5 Å². The maximum Gasteiger partial charge on any atom is 0.425 e. The van der Waals surface area contributed by atoms with E-state index in [0.29, 0.717) is 17.1 Å². The van der Waals surface area contributed by atoms with E-state index >= 15 is 13.2 Å². The summed E-state index contributed by atoms with van der Waals surface area (Å²) in [5.74, 6) is -2.87. The first-order valence-corrected chi connectivity index (χ1v) is 13.3. The first-order valence-electron chi connectivity index (χ1n) is 13.3. The first-order chi connectivity index (χ1) is 20.3. The third-order valence-electron chi connectivity index (χ3n) is 7.00. The fourth-order valence-electron chi connectivity index (χ4n) is 5.02. The second-order valence-electron chi connectivity index (χ2n) is 10.1. The quantitative estimate of drug-likeness (QED) is 0.301. The molecule has 0 radical (unpaired) electrons. The Labute approximate surface area is 247 Å². The highest BCUT2D eigenvalue weighted by Crippen LogP contribution is 2.47. The lowest BCUT2D eigenvalue weighted by molar-refractivity contribution is -0.189. The average Bonchev–Trinajstić information content (AvgIpc) is 3.18. The Kier molecular flexibility index (Phi) is 8.84. The minimum Gasteiger partial charge on any atom is -0.493 e. The molecular formula is C32H31F3N2O6. The van der Waals surface area contributed by atoms with Crippen molar-refractivity contribution < 1.29 is 41.8 Å². The SMILES string of the molecule is COc1cccc(CN2C(=O)[C@](NC(=O)c3ccc(OC(C)C)cc3)(C(F)(F)F)C(C(=O)c3ccccc3)=C2C)c1OC. The number of halogens is 3. The number of carbonyl (C=O) groups excluding carboxylic acids is 3. The molecule has 226 valence electrons. The molecule has 3 aromatic rings. The van der Waals surface area contributed by atoms with Crippen molar-refractivity contribution in [1.29, 1.82) is 0 Å². The number of nitrogens with one attached hydrogen (secondary N) is 1. The zero-order valence-corrected chi connectivity index (χ0v) is 24.2. The van der Waals surface area contributed by atoms with Gasteiger partial charge in [-0.3, -0.25) is 14.4 Å². The Bertz CT molecular complexity index is 1550. The molecule has 4 rings (SSSR count). The number of ketones is 1. The van der Waals surface area contributed by atoms with Crippen molar-refractivity contribution in [2.75, 3.05) is 14.2 Å². The molecule has 1 aliphatic heterocycles. The molecule has 1 aliphatic rings. The van der Waals surface area contributed by atoms with Crippen molar-refractivity contribution in [2.45, 2.75) is 45.1 Å². The molecule has 3 aromatic carbocycles. The van der Waals surface area contributed by atoms with Crippen LogP contribution in [0.1, 0.15) is 47.1 Å². The van der Waals surface area contributed by atoms with Crippen molar-refractivity contribution in [3.05, 3.63) is 101 Å². The molecule has 0 aromatic heterocycles. The van der Waals surface area contributed by atoms with Crippen molar-refractivity contribution in [3.63, 3.8) is 0 Å². The Morgan fingerprint density at radius 1 is 0.907 bits per heavy atom. The number of ether oxygens (including phenoxy) is 3. The predicted molar refractivity (Wildman–Crippen MR) is 152 cm³/mol. The summed E-state index contributed by atoms with van der Waals surface area (Å²) < 4.78 is 62.2. The van der Waals surface area contributed by atoms with Crippen LogP contribution >= 0.6 is 0 Å². The number of alkyl halides is 3. The second-order valence-corrected chi connectivity index (χ2v) is 10.1. The number of rotatable bonds is 10. The third kappa shape index (κ3) is 5.79. The summed E-state index contributed by atoms with van der Waals surface area (Å²) in [7, 11) is 2.76. The smallest absolute Gasteiger partial charge is 0.425 e. The van der Waals surface area contributed by atoms with Gasteiger partial charge in [0.05, 0.1) is 32.4 Å². The van der Waals surface area contributed by atoms with Crippen molar-refractivity contribution in [2.24, 2.45) is 0 Å². The molecular weight excluding hydrogens is 565 g/mol. The van der Waals surface area contributed by atoms with E-state index in [1.807, 2.05) is 5.32 Å². The van der Waals surface area contributed by atoms with E-state index in [9.17, 15) is 14.4 Å². The van der Waals surface area contributed by atoms with Gasteiger partial charge < -0.3 is 24.4 Å². The fraction of sp³-hybridized carbons (Fsp3) is 0.281. The molecule has 1 atom stereocenters. The number of para-hydroxylation sites is 1. The molecule has 0 unspecified atom stereocenters. The summed E-state index contributed by atoms with van der Waals surface area (Å²) in [5, 5.41) is 1.93. The van der Waals surface area contributed by atoms with Gasteiger partial charge in [-0.25, -0.2) is 0 Å². The van der Waals surface area contributed by atoms with E-state index < -0.39 is 41.4 Å². The van der Waals surface area contributed by atoms with E-state index in [0.717, 1.165) is 4.90 Å². The minimum absolute atomic E-state index is 0.0801. The normalized spacial score (nSPS) is 16.9. The van der Waals surface area contributed by atoms with Crippen LogP contribution in [0, 0.1) is 0 Å². The van der Waals surface area contributed by atoms with Gasteiger partial charge >= 0.3 is 6.18 Å². The van der Waals surface area contributed by atoms with Crippen molar-refractivity contribution >= 4 is 17.6 Å². The zero-order chi connectivity index (χ0) is 31.5. The van der Waals surface area contributed by atoms with Crippen LogP contribution in [-0.4, -0.2) is 54.5 Å². The predicted octanol–water partition coefficient (Wildman–Crippen LogP) is 5.72. The summed E-state index contributed by atoms with van der Waals surface area (Å²) in [6.07, 6.45) is -5.58. The van der Waals surface area contributed by atoms with Crippen LogP contribution in [0.3, 0.4) is 0 Å². The lowest BCUT2D eigenvalue weighted by atomic mass is 9.84. The molecule has 11 heteroatoms. The van der Waals surface area contributed by atoms with Gasteiger partial charge in [0.2, 0.25) is 5.54 Å². The highest BCUT2D eigenvalue weighted by Gasteiger charge is 2.70. The van der Waals surface area contributed by atoms with Gasteiger partial charge in [-0.15, -0.1) is 0 Å². The number of carbonyl (C=O) groups is 3. The minimum atomic E-state index is -5.41. The number of benzene rings is 3. The first kappa shape index (κ1) is 31.1. The summed E-state index contributed by atoms with van der Waals surface area (Å²) in [4.78, 5) is 42.1. The van der Waals surface area contributed by atoms with Gasteiger partial charge in [0.15, 0.2) is 17.3 Å². The Hall–Kier alpha value is -4.80. The third-order valence-corrected chi connectivity index (χ3v) is 7.00. The summed E-state index contributed by atoms with van der Waals surface area (Å²) >= 11 is 0. The topological polar surface area (TPSA) is 94.2 Å². The number of methoxy groups -OCH3 is 2. The second kappa shape index (κ2) is 12.2. The molecule has 0 fully saturated rings. The number of amides is 2. The Morgan fingerprint density at radius 2 is 1.56 bits per heavy atom. The van der Waals surface area contributed by atoms with Crippen LogP contribution in [0.4, 0.5) is 13.2 Å². The largest absolute Gasteiger partial charge is 0.493 e. The van der Waals surface area contributed by atoms with E-state index in [1.165, 1.54) is 69.7 Å². The van der Waals surface area contributed by atoms with Gasteiger partial charge in [-0.2, -0.15) is 13.2 Å². The molecule has 0 spiro atoms. The molecule has 1 N–H and O–H groups in total. The van der Waals surface area contributed by atoms with E-state index in [4.69, 9.17) is 14.2 Å². The van der Waals surface area contributed by atoms with Gasteiger partial charge in [0.1, 0.15) is 5.75 Å². The van der Waals surface area contributed by atoms with E-state index in [2.05, 4.69) is 0 Å². The van der Waals surface area contributed by atoms with Gasteiger partial charge in [-0.05, 0) is 51.1 Å². The van der Waals surface area contributed by atoms with E-state index in [1.54, 1.807) is 38.1 Å². The maximum absolute atomic E-state index is 15.3. The van der Waals surface area contributed by atoms with Crippen LogP contribution in [-0.2, 0) is 11.3 Å². The van der Waals surface area contributed by atoms with Crippen molar-refractivity contribution in [1.82, 2.24) is 10.2 Å². The molecule has 0 saturated heterocycles. The van der Waals surface area contributed by atoms with Gasteiger partial charge in [0, 0.05) is 22.4 Å². The lowest BCUT2D eigenvalue weighted by Gasteiger charge is -2.33. The molecule has 0 bridgehead atoms. The molecule has 2 amide bonds. The van der Waals surface area contributed by atoms with E-state index in [-0.39, 0.29) is 28.7 Å². The van der Waals surface area contributed by atoms with Gasteiger partial charge in [0.25, 0.3) is 11.8 Å². The Balaban J connectivity index is 1.86. The number of allylic oxidation sites excluding steroid dienone is 1. The monoisotopic (exact) mass is 596 g/mol. The van der Waals surface area contributed by atoms with Crippen LogP contribution in [0.2, 0.25) is 0 Å². The zero-order valence-electron chi connectivity index (χ0n) is 24.2. The number of Topliss-reactive ketones (excluding diaryl/α,β-unsaturated/α-hetero) is 1. The summed E-state index contributed by atoms with van der Waals surface area (Å²) in [5.41, 5.74) is -4.76. The maximum atomic E-state index is 15.3.